The van der Waals surface area contributed by atoms with Gasteiger partial charge in [0.2, 0.25) is 0 Å². The molecule has 0 unspecified atom stereocenters. The molecule has 0 amide bonds. The fourth-order valence-corrected chi connectivity index (χ4v) is 3.87. The summed E-state index contributed by atoms with van der Waals surface area (Å²) in [7, 11) is 0. The number of nitrogens with one attached hydrogen (secondary N) is 1. The highest BCUT2D eigenvalue weighted by Gasteiger charge is 2.07. The molecular formula is C23H21ClN2OS. The van der Waals surface area contributed by atoms with E-state index in [4.69, 9.17) is 16.9 Å². The zero-order valence-corrected chi connectivity index (χ0v) is 16.9. The van der Waals surface area contributed by atoms with E-state index in [-0.39, 0.29) is 0 Å². The fraction of sp³-hybridized carbons (Fsp3) is 0.174. The lowest BCUT2D eigenvalue weighted by atomic mass is 10.1. The van der Waals surface area contributed by atoms with Crippen LogP contribution in [0.4, 0.5) is 0 Å². The van der Waals surface area contributed by atoms with Gasteiger partial charge in [0.15, 0.2) is 0 Å². The Morgan fingerprint density at radius 3 is 2.54 bits per heavy atom. The van der Waals surface area contributed by atoms with Crippen LogP contribution in [0.25, 0.3) is 0 Å². The number of aliphatic hydroxyl groups is 1. The summed E-state index contributed by atoms with van der Waals surface area (Å²) in [5, 5.41) is 23.1. The molecule has 142 valence electrons. The van der Waals surface area contributed by atoms with E-state index in [2.05, 4.69) is 35.7 Å². The number of nitrogens with zero attached hydrogens (tertiary/aromatic N) is 1. The van der Waals surface area contributed by atoms with E-state index >= 15 is 0 Å². The third kappa shape index (κ3) is 6.12. The summed E-state index contributed by atoms with van der Waals surface area (Å²) >= 11 is 7.61. The van der Waals surface area contributed by atoms with E-state index in [1.807, 2.05) is 36.4 Å². The van der Waals surface area contributed by atoms with E-state index in [0.29, 0.717) is 17.1 Å². The van der Waals surface area contributed by atoms with Crippen LogP contribution in [0, 0.1) is 11.3 Å². The Morgan fingerprint density at radius 2 is 1.79 bits per heavy atom. The predicted octanol–water partition coefficient (Wildman–Crippen LogP) is 5.23. The monoisotopic (exact) mass is 408 g/mol. The Bertz CT molecular complexity index is 953. The number of hydrogen-bond acceptors (Lipinski definition) is 4. The second kappa shape index (κ2) is 10.3. The zero-order valence-electron chi connectivity index (χ0n) is 15.3. The van der Waals surface area contributed by atoms with Crippen LogP contribution in [0.5, 0.6) is 0 Å². The Balaban J connectivity index is 1.45. The molecule has 1 atom stereocenters. The Hall–Kier alpha value is -2.29. The first-order valence-electron chi connectivity index (χ1n) is 9.05. The van der Waals surface area contributed by atoms with E-state index in [1.54, 1.807) is 23.9 Å². The van der Waals surface area contributed by atoms with Crippen molar-refractivity contribution in [2.75, 3.05) is 13.1 Å². The number of nitriles is 1. The molecule has 0 saturated carbocycles. The molecule has 2 N–H and O–H groups in total. The van der Waals surface area contributed by atoms with Gasteiger partial charge in [0.1, 0.15) is 0 Å². The summed E-state index contributed by atoms with van der Waals surface area (Å²) in [5.74, 6) is 0. The van der Waals surface area contributed by atoms with Gasteiger partial charge in [-0.15, -0.1) is 0 Å². The van der Waals surface area contributed by atoms with Crippen molar-refractivity contribution >= 4 is 23.4 Å². The van der Waals surface area contributed by atoms with Gasteiger partial charge < -0.3 is 10.4 Å². The topological polar surface area (TPSA) is 56.0 Å². The number of halogens is 1. The number of hydrogen-bond donors (Lipinski definition) is 2. The molecule has 28 heavy (non-hydrogen) atoms. The molecule has 0 aliphatic heterocycles. The lowest BCUT2D eigenvalue weighted by Crippen LogP contribution is -2.23. The minimum Gasteiger partial charge on any atom is -0.387 e. The highest BCUT2D eigenvalue weighted by Crippen LogP contribution is 2.28. The second-order valence-corrected chi connectivity index (χ2v) is 7.99. The summed E-state index contributed by atoms with van der Waals surface area (Å²) in [6.45, 7) is 1.28. The van der Waals surface area contributed by atoms with Gasteiger partial charge in [-0.05, 0) is 66.6 Å². The maximum Gasteiger partial charge on any atom is 0.0992 e. The minimum atomic E-state index is -0.568. The molecule has 0 spiro atoms. The molecule has 0 aliphatic rings. The molecule has 0 aliphatic carbocycles. The Labute approximate surface area is 175 Å². The van der Waals surface area contributed by atoms with Gasteiger partial charge in [0, 0.05) is 21.4 Å². The quantitative estimate of drug-likeness (QED) is 0.501. The fourth-order valence-electron chi connectivity index (χ4n) is 2.79. The zero-order chi connectivity index (χ0) is 19.8. The summed E-state index contributed by atoms with van der Waals surface area (Å²) in [4.78, 5) is 2.20. The van der Waals surface area contributed by atoms with Crippen molar-refractivity contribution in [3.63, 3.8) is 0 Å². The highest BCUT2D eigenvalue weighted by atomic mass is 35.5. The SMILES string of the molecule is N#Cc1cccc(Sc2ccc(CCNC[C@@H](O)c3cccc(Cl)c3)cc2)c1. The normalized spacial score (nSPS) is 11.8. The van der Waals surface area contributed by atoms with Crippen molar-refractivity contribution in [3.05, 3.63) is 94.5 Å². The van der Waals surface area contributed by atoms with Crippen LogP contribution in [0.2, 0.25) is 5.02 Å². The maximum absolute atomic E-state index is 10.2. The Kier molecular flexibility index (Phi) is 7.53. The lowest BCUT2D eigenvalue weighted by molar-refractivity contribution is 0.175. The number of rotatable bonds is 8. The van der Waals surface area contributed by atoms with Gasteiger partial charge in [-0.3, -0.25) is 0 Å². The van der Waals surface area contributed by atoms with Crippen LogP contribution in [-0.2, 0) is 6.42 Å². The third-order valence-corrected chi connectivity index (χ3v) is 5.52. The smallest absolute Gasteiger partial charge is 0.0992 e. The van der Waals surface area contributed by atoms with Crippen molar-refractivity contribution in [3.8, 4) is 6.07 Å². The minimum absolute atomic E-state index is 0.490. The first-order valence-corrected chi connectivity index (χ1v) is 10.2. The van der Waals surface area contributed by atoms with Crippen molar-refractivity contribution in [1.29, 1.82) is 5.26 Å². The van der Waals surface area contributed by atoms with Crippen molar-refractivity contribution in [1.82, 2.24) is 5.32 Å². The standard InChI is InChI=1S/C23H21ClN2OS/c24-20-5-2-4-19(14-20)23(27)16-26-12-11-17-7-9-21(10-8-17)28-22-6-1-3-18(13-22)15-25/h1-10,13-14,23,26-27H,11-12,16H2/t23-/m1/s1. The van der Waals surface area contributed by atoms with Crippen molar-refractivity contribution in [2.24, 2.45) is 0 Å². The summed E-state index contributed by atoms with van der Waals surface area (Å²) in [6, 6.07) is 25.5. The van der Waals surface area contributed by atoms with Crippen LogP contribution < -0.4 is 5.32 Å². The first kappa shape index (κ1) is 20.4. The molecule has 0 aromatic heterocycles. The third-order valence-electron chi connectivity index (χ3n) is 4.28. The average molecular weight is 409 g/mol. The van der Waals surface area contributed by atoms with Gasteiger partial charge in [-0.25, -0.2) is 0 Å². The summed E-state index contributed by atoms with van der Waals surface area (Å²) in [6.07, 6.45) is 0.318. The van der Waals surface area contributed by atoms with Crippen molar-refractivity contribution < 1.29 is 5.11 Å². The summed E-state index contributed by atoms with van der Waals surface area (Å²) in [5.41, 5.74) is 2.73. The van der Waals surface area contributed by atoms with E-state index in [9.17, 15) is 5.11 Å². The van der Waals surface area contributed by atoms with Gasteiger partial charge in [0.25, 0.3) is 0 Å². The van der Waals surface area contributed by atoms with Gasteiger partial charge in [-0.2, -0.15) is 5.26 Å². The van der Waals surface area contributed by atoms with E-state index in [0.717, 1.165) is 28.3 Å². The molecule has 3 aromatic carbocycles. The molecule has 0 heterocycles. The molecule has 5 heteroatoms. The number of benzene rings is 3. The van der Waals surface area contributed by atoms with Crippen LogP contribution in [0.15, 0.2) is 82.6 Å². The Morgan fingerprint density at radius 1 is 1.00 bits per heavy atom. The average Bonchev–Trinajstić information content (AvgIpc) is 2.72. The maximum atomic E-state index is 10.2. The van der Waals surface area contributed by atoms with Crippen LogP contribution in [0.1, 0.15) is 22.8 Å². The van der Waals surface area contributed by atoms with Crippen LogP contribution in [0.3, 0.4) is 0 Å². The van der Waals surface area contributed by atoms with Gasteiger partial charge in [-0.1, -0.05) is 53.7 Å². The molecular weight excluding hydrogens is 388 g/mol. The number of aliphatic hydroxyl groups excluding tert-OH is 1. The van der Waals surface area contributed by atoms with E-state index < -0.39 is 6.10 Å². The molecule has 3 aromatic rings. The second-order valence-electron chi connectivity index (χ2n) is 6.41. The lowest BCUT2D eigenvalue weighted by Gasteiger charge is -2.12. The highest BCUT2D eigenvalue weighted by molar-refractivity contribution is 7.99. The summed E-state index contributed by atoms with van der Waals surface area (Å²) < 4.78 is 0. The van der Waals surface area contributed by atoms with Gasteiger partial charge >= 0.3 is 0 Å². The van der Waals surface area contributed by atoms with Crippen LogP contribution >= 0.6 is 23.4 Å². The van der Waals surface area contributed by atoms with Crippen LogP contribution in [-0.4, -0.2) is 18.2 Å². The van der Waals surface area contributed by atoms with E-state index in [1.165, 1.54) is 5.56 Å². The van der Waals surface area contributed by atoms with Gasteiger partial charge in [0.05, 0.1) is 17.7 Å². The molecule has 0 bridgehead atoms. The molecule has 3 nitrogen and oxygen atoms in total. The molecule has 0 saturated heterocycles. The molecule has 0 fully saturated rings. The van der Waals surface area contributed by atoms with Crippen molar-refractivity contribution in [2.45, 2.75) is 22.3 Å². The largest absolute Gasteiger partial charge is 0.387 e. The molecule has 3 rings (SSSR count). The predicted molar refractivity (Wildman–Crippen MR) is 115 cm³/mol. The molecule has 0 radical (unpaired) electrons. The first-order chi connectivity index (χ1) is 13.6.